The third-order valence-corrected chi connectivity index (χ3v) is 8.49. The van der Waals surface area contributed by atoms with Crippen molar-refractivity contribution in [1.29, 1.82) is 0 Å². The molecule has 0 aliphatic carbocycles. The quantitative estimate of drug-likeness (QED) is 0.551. The van der Waals surface area contributed by atoms with E-state index in [1.54, 1.807) is 5.67 Å². The zero-order chi connectivity index (χ0) is 5.86. The second-order valence-corrected chi connectivity index (χ2v) is 10.5. The molecule has 0 bridgehead atoms. The van der Waals surface area contributed by atoms with E-state index in [4.69, 9.17) is 0 Å². The maximum atomic E-state index is 2.44. The van der Waals surface area contributed by atoms with E-state index >= 15 is 0 Å². The van der Waals surface area contributed by atoms with Crippen LogP contribution in [0.1, 0.15) is 14.9 Å². The van der Waals surface area contributed by atoms with E-state index in [2.05, 4.69) is 26.2 Å². The Balaban J connectivity index is -0.000000180. The highest BCUT2D eigenvalue weighted by molar-refractivity contribution is 6.74. The Kier molecular flexibility index (Phi) is 15.2. The van der Waals surface area contributed by atoms with Crippen LogP contribution in [0.15, 0.2) is 0 Å². The van der Waals surface area contributed by atoms with Gasteiger partial charge in [-0.05, 0) is 0 Å². The lowest BCUT2D eigenvalue weighted by atomic mass is 11.8. The standard InChI is InChI=1S/C5H16Si2.2CH4/c1-6(2)5-7(3)4;;/h6-7H,5H2,1-4H3;2*1H4. The second-order valence-electron chi connectivity index (χ2n) is 3.02. The SMILES string of the molecule is C.C.C[SiH](C)C[SiH](C)C. The first-order valence-electron chi connectivity index (χ1n) is 3.13. The van der Waals surface area contributed by atoms with Gasteiger partial charge in [0, 0.05) is 17.6 Å². The Morgan fingerprint density at radius 3 is 1.00 bits per heavy atom. The molecule has 0 N–H and O–H groups in total. The van der Waals surface area contributed by atoms with Crippen molar-refractivity contribution < 1.29 is 0 Å². The molecule has 0 aromatic heterocycles. The van der Waals surface area contributed by atoms with Gasteiger partial charge < -0.3 is 0 Å². The molecule has 0 rings (SSSR count). The first-order chi connectivity index (χ1) is 3.13. The van der Waals surface area contributed by atoms with E-state index in [1.807, 2.05) is 0 Å². The fourth-order valence-corrected chi connectivity index (χ4v) is 8.49. The first kappa shape index (κ1) is 16.2. The summed E-state index contributed by atoms with van der Waals surface area (Å²) in [5.74, 6) is 0. The Bertz CT molecular complexity index is 36.2. The minimum absolute atomic E-state index is 0. The molecule has 0 aliphatic heterocycles. The third kappa shape index (κ3) is 17.8. The van der Waals surface area contributed by atoms with Crippen LogP contribution in [-0.2, 0) is 0 Å². The van der Waals surface area contributed by atoms with E-state index in [-0.39, 0.29) is 32.4 Å². The Labute approximate surface area is 64.9 Å². The van der Waals surface area contributed by atoms with Crippen molar-refractivity contribution in [3.8, 4) is 0 Å². The number of hydrogen-bond donors (Lipinski definition) is 0. The van der Waals surface area contributed by atoms with Crippen molar-refractivity contribution >= 4 is 17.6 Å². The van der Waals surface area contributed by atoms with E-state index in [0.717, 1.165) is 0 Å². The van der Waals surface area contributed by atoms with E-state index in [1.165, 1.54) is 0 Å². The average molecular weight is 164 g/mol. The molecule has 60 valence electrons. The van der Waals surface area contributed by atoms with E-state index in [0.29, 0.717) is 0 Å². The van der Waals surface area contributed by atoms with Crippen molar-refractivity contribution in [1.82, 2.24) is 0 Å². The van der Waals surface area contributed by atoms with Crippen LogP contribution in [0, 0.1) is 0 Å². The van der Waals surface area contributed by atoms with Crippen LogP contribution in [0.5, 0.6) is 0 Å². The van der Waals surface area contributed by atoms with Crippen LogP contribution in [0.2, 0.25) is 31.9 Å². The minimum Gasteiger partial charge on any atom is -0.0776 e. The van der Waals surface area contributed by atoms with Crippen LogP contribution >= 0.6 is 0 Å². The summed E-state index contributed by atoms with van der Waals surface area (Å²) in [5.41, 5.74) is 1.64. The van der Waals surface area contributed by atoms with Gasteiger partial charge in [-0.2, -0.15) is 0 Å². The van der Waals surface area contributed by atoms with Gasteiger partial charge in [0.15, 0.2) is 0 Å². The third-order valence-electron chi connectivity index (χ3n) is 0.943. The van der Waals surface area contributed by atoms with Crippen molar-refractivity contribution in [3.63, 3.8) is 0 Å². The Morgan fingerprint density at radius 2 is 1.00 bits per heavy atom. The summed E-state index contributed by atoms with van der Waals surface area (Å²) in [6.07, 6.45) is 0. The van der Waals surface area contributed by atoms with Crippen LogP contribution in [0.25, 0.3) is 0 Å². The van der Waals surface area contributed by atoms with Crippen LogP contribution in [0.3, 0.4) is 0 Å². The number of rotatable bonds is 2. The molecule has 0 amide bonds. The summed E-state index contributed by atoms with van der Waals surface area (Å²) < 4.78 is 0. The van der Waals surface area contributed by atoms with Crippen molar-refractivity contribution in [2.75, 3.05) is 0 Å². The summed E-state index contributed by atoms with van der Waals surface area (Å²) in [6, 6.07) is 0. The molecule has 0 aromatic rings. The molecular weight excluding hydrogens is 140 g/mol. The molecule has 0 unspecified atom stereocenters. The van der Waals surface area contributed by atoms with Gasteiger partial charge in [0.25, 0.3) is 0 Å². The van der Waals surface area contributed by atoms with Gasteiger partial charge in [-0.3, -0.25) is 0 Å². The molecule has 0 heterocycles. The smallest absolute Gasteiger partial charge is 0.0276 e. The van der Waals surface area contributed by atoms with Crippen molar-refractivity contribution in [3.05, 3.63) is 0 Å². The fraction of sp³-hybridized carbons (Fsp3) is 1.00. The molecule has 0 saturated heterocycles. The minimum atomic E-state index is -0.167. The van der Waals surface area contributed by atoms with Gasteiger partial charge in [0.1, 0.15) is 0 Å². The molecule has 0 aliphatic rings. The lowest BCUT2D eigenvalue weighted by molar-refractivity contribution is 1.71. The summed E-state index contributed by atoms with van der Waals surface area (Å²) in [6.45, 7) is 9.75. The molecule has 0 saturated carbocycles. The lowest BCUT2D eigenvalue weighted by Gasteiger charge is -2.02. The topological polar surface area (TPSA) is 0 Å². The average Bonchev–Trinajstić information content (AvgIpc) is 1.27. The molecule has 9 heavy (non-hydrogen) atoms. The summed E-state index contributed by atoms with van der Waals surface area (Å²) >= 11 is 0. The van der Waals surface area contributed by atoms with Gasteiger partial charge in [0.05, 0.1) is 0 Å². The normalized spacial score (nSPS) is 8.67. The largest absolute Gasteiger partial charge is 0.0776 e. The van der Waals surface area contributed by atoms with Crippen molar-refractivity contribution in [2.45, 2.75) is 46.7 Å². The molecule has 2 heteroatoms. The molecule has 0 fully saturated rings. The first-order valence-corrected chi connectivity index (χ1v) is 9.38. The lowest BCUT2D eigenvalue weighted by Crippen LogP contribution is -2.10. The molecule has 0 aromatic carbocycles. The highest BCUT2D eigenvalue weighted by Crippen LogP contribution is 1.94. The van der Waals surface area contributed by atoms with Gasteiger partial charge in [-0.15, -0.1) is 0 Å². The molecule has 0 nitrogen and oxygen atoms in total. The predicted octanol–water partition coefficient (Wildman–Crippen LogP) is 2.77. The van der Waals surface area contributed by atoms with Crippen LogP contribution < -0.4 is 0 Å². The van der Waals surface area contributed by atoms with E-state index in [9.17, 15) is 0 Å². The van der Waals surface area contributed by atoms with Gasteiger partial charge in [0.2, 0.25) is 0 Å². The van der Waals surface area contributed by atoms with Gasteiger partial charge >= 0.3 is 0 Å². The highest BCUT2D eigenvalue weighted by Gasteiger charge is 1.98. The van der Waals surface area contributed by atoms with E-state index < -0.39 is 0 Å². The van der Waals surface area contributed by atoms with Crippen LogP contribution in [-0.4, -0.2) is 17.6 Å². The summed E-state index contributed by atoms with van der Waals surface area (Å²) in [4.78, 5) is 0. The predicted molar refractivity (Wildman–Crippen MR) is 56.0 cm³/mol. The second kappa shape index (κ2) is 8.43. The summed E-state index contributed by atoms with van der Waals surface area (Å²) in [5, 5.41) is 0. The Hall–Kier alpha value is 0.434. The maximum Gasteiger partial charge on any atom is 0.0276 e. The zero-order valence-corrected chi connectivity index (χ0v) is 8.17. The monoisotopic (exact) mass is 164 g/mol. The summed E-state index contributed by atoms with van der Waals surface area (Å²) in [7, 11) is -0.333. The van der Waals surface area contributed by atoms with Crippen LogP contribution in [0.4, 0.5) is 0 Å². The fourth-order valence-electron chi connectivity index (χ4n) is 0.943. The Morgan fingerprint density at radius 1 is 0.778 bits per heavy atom. The maximum absolute atomic E-state index is 2.44. The van der Waals surface area contributed by atoms with Crippen molar-refractivity contribution in [2.24, 2.45) is 0 Å². The molecular formula is C7H24Si2. The van der Waals surface area contributed by atoms with Gasteiger partial charge in [-0.25, -0.2) is 0 Å². The molecule has 0 atom stereocenters. The number of hydrogen-bond acceptors (Lipinski definition) is 0. The highest BCUT2D eigenvalue weighted by atomic mass is 28.3. The zero-order valence-electron chi connectivity index (χ0n) is 5.86. The molecule has 0 radical (unpaired) electrons. The molecule has 0 spiro atoms. The van der Waals surface area contributed by atoms with Gasteiger partial charge in [-0.1, -0.05) is 46.7 Å².